The molecule has 0 atom stereocenters. The highest BCUT2D eigenvalue weighted by atomic mass is 79.9. The lowest BCUT2D eigenvalue weighted by Gasteiger charge is -2.20. The highest BCUT2D eigenvalue weighted by molar-refractivity contribution is 9.11. The second-order valence-electron chi connectivity index (χ2n) is 5.70. The standard InChI is InChI=1S/C17H11Br2F6NO/c1-7-3-11(16(20,21)22)9(4-13(7)18)10-5-14(19)15(26-8(2)27)6-12(10)17(23,24)25/h3-6H,1-2H3,(H,26,27). The fourth-order valence-corrected chi connectivity index (χ4v) is 3.24. The lowest BCUT2D eigenvalue weighted by Crippen LogP contribution is -2.14. The molecule has 0 fully saturated rings. The zero-order valence-corrected chi connectivity index (χ0v) is 16.9. The number of anilines is 1. The van der Waals surface area contributed by atoms with E-state index >= 15 is 0 Å². The molecule has 0 radical (unpaired) electrons. The van der Waals surface area contributed by atoms with E-state index in [1.807, 2.05) is 0 Å². The summed E-state index contributed by atoms with van der Waals surface area (Å²) in [4.78, 5) is 11.2. The van der Waals surface area contributed by atoms with Crippen molar-refractivity contribution in [2.24, 2.45) is 0 Å². The van der Waals surface area contributed by atoms with Gasteiger partial charge in [0, 0.05) is 15.9 Å². The van der Waals surface area contributed by atoms with Crippen LogP contribution in [0.2, 0.25) is 0 Å². The van der Waals surface area contributed by atoms with E-state index in [0.717, 1.165) is 25.1 Å². The molecule has 2 nitrogen and oxygen atoms in total. The Bertz CT molecular complexity index is 906. The summed E-state index contributed by atoms with van der Waals surface area (Å²) in [5.74, 6) is -0.620. The number of amides is 1. The van der Waals surface area contributed by atoms with E-state index in [2.05, 4.69) is 37.2 Å². The summed E-state index contributed by atoms with van der Waals surface area (Å²) < 4.78 is 81.3. The number of carbonyl (C=O) groups is 1. The van der Waals surface area contributed by atoms with Crippen molar-refractivity contribution in [3.63, 3.8) is 0 Å². The first kappa shape index (κ1) is 21.7. The molecule has 2 rings (SSSR count). The van der Waals surface area contributed by atoms with Crippen LogP contribution in [0.3, 0.4) is 0 Å². The van der Waals surface area contributed by atoms with Gasteiger partial charge in [-0.3, -0.25) is 4.79 Å². The highest BCUT2D eigenvalue weighted by Crippen LogP contribution is 2.46. The smallest absolute Gasteiger partial charge is 0.325 e. The maximum atomic E-state index is 13.6. The maximum absolute atomic E-state index is 13.6. The van der Waals surface area contributed by atoms with Crippen molar-refractivity contribution in [2.45, 2.75) is 26.2 Å². The fourth-order valence-electron chi connectivity index (χ4n) is 2.45. The molecule has 0 aliphatic rings. The third kappa shape index (κ3) is 4.84. The normalized spacial score (nSPS) is 12.2. The summed E-state index contributed by atoms with van der Waals surface area (Å²) in [6.07, 6.45) is -9.80. The van der Waals surface area contributed by atoms with Crippen LogP contribution in [-0.4, -0.2) is 5.91 Å². The molecule has 0 saturated heterocycles. The van der Waals surface area contributed by atoms with Gasteiger partial charge in [-0.05, 0) is 63.8 Å². The zero-order chi connectivity index (χ0) is 20.7. The second kappa shape index (κ2) is 7.46. The third-order valence-electron chi connectivity index (χ3n) is 3.62. The van der Waals surface area contributed by atoms with Crippen LogP contribution in [0.1, 0.15) is 23.6 Å². The summed E-state index contributed by atoms with van der Waals surface area (Å²) >= 11 is 6.07. The third-order valence-corrected chi connectivity index (χ3v) is 5.13. The van der Waals surface area contributed by atoms with Crippen LogP contribution in [0.4, 0.5) is 32.0 Å². The molecule has 0 aromatic heterocycles. The lowest BCUT2D eigenvalue weighted by atomic mass is 9.93. The molecule has 146 valence electrons. The molecule has 0 aliphatic heterocycles. The molecule has 0 spiro atoms. The minimum atomic E-state index is -4.94. The molecule has 0 unspecified atom stereocenters. The molecule has 27 heavy (non-hydrogen) atoms. The molecule has 1 N–H and O–H groups in total. The quantitative estimate of drug-likeness (QED) is 0.419. The minimum absolute atomic E-state index is 0.0190. The number of aryl methyl sites for hydroxylation is 1. The van der Waals surface area contributed by atoms with Crippen LogP contribution < -0.4 is 5.32 Å². The van der Waals surface area contributed by atoms with Gasteiger partial charge in [0.15, 0.2) is 0 Å². The summed E-state index contributed by atoms with van der Waals surface area (Å²) in [7, 11) is 0. The number of hydrogen-bond donors (Lipinski definition) is 1. The van der Waals surface area contributed by atoms with Gasteiger partial charge in [-0.2, -0.15) is 26.3 Å². The molecule has 0 saturated carbocycles. The van der Waals surface area contributed by atoms with Crippen LogP contribution >= 0.6 is 31.9 Å². The first-order valence-corrected chi connectivity index (χ1v) is 8.86. The average Bonchev–Trinajstić information content (AvgIpc) is 2.48. The Labute approximate surface area is 167 Å². The first-order valence-electron chi connectivity index (χ1n) is 7.28. The summed E-state index contributed by atoms with van der Waals surface area (Å²) in [6, 6.07) is 3.32. The van der Waals surface area contributed by atoms with E-state index in [-0.39, 0.29) is 20.2 Å². The van der Waals surface area contributed by atoms with Crippen molar-refractivity contribution in [2.75, 3.05) is 5.32 Å². The number of alkyl halides is 6. The van der Waals surface area contributed by atoms with Crippen LogP contribution in [0.5, 0.6) is 0 Å². The zero-order valence-electron chi connectivity index (χ0n) is 13.7. The monoisotopic (exact) mass is 517 g/mol. The Morgan fingerprint density at radius 3 is 1.74 bits per heavy atom. The van der Waals surface area contributed by atoms with Crippen LogP contribution in [0.15, 0.2) is 33.2 Å². The van der Waals surface area contributed by atoms with E-state index in [0.29, 0.717) is 6.07 Å². The molecular weight excluding hydrogens is 508 g/mol. The van der Waals surface area contributed by atoms with E-state index in [9.17, 15) is 31.1 Å². The van der Waals surface area contributed by atoms with Crippen molar-refractivity contribution in [3.8, 4) is 11.1 Å². The van der Waals surface area contributed by atoms with Gasteiger partial charge in [0.05, 0.1) is 16.8 Å². The molecule has 10 heteroatoms. The van der Waals surface area contributed by atoms with Crippen LogP contribution in [-0.2, 0) is 17.1 Å². The molecule has 2 aromatic carbocycles. The van der Waals surface area contributed by atoms with Crippen molar-refractivity contribution >= 4 is 43.5 Å². The molecular formula is C17H11Br2F6NO. The predicted octanol–water partition coefficient (Wildman–Crippen LogP) is 7.18. The molecule has 0 bridgehead atoms. The highest BCUT2D eigenvalue weighted by Gasteiger charge is 2.39. The summed E-state index contributed by atoms with van der Waals surface area (Å²) in [5.41, 5.74) is -3.73. The summed E-state index contributed by atoms with van der Waals surface area (Å²) in [5, 5.41) is 2.21. The number of benzene rings is 2. The first-order chi connectivity index (χ1) is 12.2. The molecule has 2 aromatic rings. The topological polar surface area (TPSA) is 29.1 Å². The van der Waals surface area contributed by atoms with Crippen molar-refractivity contribution in [3.05, 3.63) is 49.9 Å². The van der Waals surface area contributed by atoms with Crippen LogP contribution in [0, 0.1) is 6.92 Å². The maximum Gasteiger partial charge on any atom is 0.417 e. The van der Waals surface area contributed by atoms with Gasteiger partial charge in [-0.1, -0.05) is 15.9 Å². The Kier molecular flexibility index (Phi) is 6.01. The molecule has 0 aliphatic carbocycles. The van der Waals surface area contributed by atoms with E-state index in [4.69, 9.17) is 0 Å². The van der Waals surface area contributed by atoms with Crippen molar-refractivity contribution in [1.82, 2.24) is 0 Å². The molecule has 1 amide bonds. The fraction of sp³-hybridized carbons (Fsp3) is 0.235. The van der Waals surface area contributed by atoms with E-state index < -0.39 is 40.5 Å². The largest absolute Gasteiger partial charge is 0.417 e. The average molecular weight is 519 g/mol. The van der Waals surface area contributed by atoms with Crippen LogP contribution in [0.25, 0.3) is 11.1 Å². The number of hydrogen-bond acceptors (Lipinski definition) is 1. The minimum Gasteiger partial charge on any atom is -0.325 e. The number of nitrogens with one attached hydrogen (secondary N) is 1. The number of carbonyl (C=O) groups excluding carboxylic acids is 1. The lowest BCUT2D eigenvalue weighted by molar-refractivity contribution is -0.139. The number of rotatable bonds is 2. The second-order valence-corrected chi connectivity index (χ2v) is 7.41. The van der Waals surface area contributed by atoms with Crippen molar-refractivity contribution < 1.29 is 31.1 Å². The van der Waals surface area contributed by atoms with Gasteiger partial charge >= 0.3 is 12.4 Å². The number of halogens is 8. The van der Waals surface area contributed by atoms with Gasteiger partial charge in [-0.25, -0.2) is 0 Å². The molecule has 0 heterocycles. The Morgan fingerprint density at radius 1 is 0.852 bits per heavy atom. The van der Waals surface area contributed by atoms with Gasteiger partial charge in [0.1, 0.15) is 0 Å². The Morgan fingerprint density at radius 2 is 1.30 bits per heavy atom. The van der Waals surface area contributed by atoms with Gasteiger partial charge in [0.2, 0.25) is 5.91 Å². The van der Waals surface area contributed by atoms with Gasteiger partial charge in [-0.15, -0.1) is 0 Å². The van der Waals surface area contributed by atoms with Gasteiger partial charge in [0.25, 0.3) is 0 Å². The van der Waals surface area contributed by atoms with E-state index in [1.165, 1.54) is 6.92 Å². The van der Waals surface area contributed by atoms with E-state index in [1.54, 1.807) is 0 Å². The Balaban J connectivity index is 2.88. The van der Waals surface area contributed by atoms with Gasteiger partial charge < -0.3 is 5.32 Å². The Hall–Kier alpha value is -1.55. The predicted molar refractivity (Wildman–Crippen MR) is 96.3 cm³/mol. The SMILES string of the molecule is CC(=O)Nc1cc(C(F)(F)F)c(-c2cc(Br)c(C)cc2C(F)(F)F)cc1Br. The van der Waals surface area contributed by atoms with Crippen molar-refractivity contribution in [1.29, 1.82) is 0 Å². The summed E-state index contributed by atoms with van der Waals surface area (Å²) in [6.45, 7) is 2.51.